The van der Waals surface area contributed by atoms with Gasteiger partial charge in [0.2, 0.25) is 0 Å². The quantitative estimate of drug-likeness (QED) is 0.534. The maximum absolute atomic E-state index is 12.1. The normalized spacial score (nSPS) is 14.7. The van der Waals surface area contributed by atoms with Gasteiger partial charge in [0.1, 0.15) is 5.60 Å². The fourth-order valence-corrected chi connectivity index (χ4v) is 3.52. The SMILES string of the molecule is CCCCC(C(=O)OC(C)(C)C)[Si](C)(C)C. The first kappa shape index (κ1) is 15.7. The van der Waals surface area contributed by atoms with Gasteiger partial charge in [-0.05, 0) is 27.2 Å². The van der Waals surface area contributed by atoms with Crippen molar-refractivity contribution in [3.8, 4) is 0 Å². The Hall–Kier alpha value is -0.313. The molecule has 1 unspecified atom stereocenters. The molecule has 0 saturated carbocycles. The van der Waals surface area contributed by atoms with E-state index in [1.807, 2.05) is 20.8 Å². The van der Waals surface area contributed by atoms with E-state index in [1.165, 1.54) is 0 Å². The Labute approximate surface area is 102 Å². The second-order valence-corrected chi connectivity index (χ2v) is 12.0. The van der Waals surface area contributed by atoms with Crippen LogP contribution >= 0.6 is 0 Å². The zero-order valence-corrected chi connectivity index (χ0v) is 13.0. The van der Waals surface area contributed by atoms with Crippen molar-refractivity contribution in [2.45, 2.75) is 77.7 Å². The van der Waals surface area contributed by atoms with Crippen LogP contribution in [0.15, 0.2) is 0 Å². The highest BCUT2D eigenvalue weighted by molar-refractivity contribution is 6.80. The van der Waals surface area contributed by atoms with Crippen LogP contribution in [0.3, 0.4) is 0 Å². The highest BCUT2D eigenvalue weighted by Gasteiger charge is 2.35. The van der Waals surface area contributed by atoms with E-state index in [9.17, 15) is 4.79 Å². The van der Waals surface area contributed by atoms with Gasteiger partial charge in [-0.2, -0.15) is 0 Å². The Balaban J connectivity index is 4.58. The van der Waals surface area contributed by atoms with Gasteiger partial charge in [0.15, 0.2) is 0 Å². The second-order valence-electron chi connectivity index (χ2n) is 6.59. The van der Waals surface area contributed by atoms with Gasteiger partial charge in [-0.1, -0.05) is 39.4 Å². The number of carbonyl (C=O) groups excluding carboxylic acids is 1. The summed E-state index contributed by atoms with van der Waals surface area (Å²) in [6.45, 7) is 14.7. The van der Waals surface area contributed by atoms with Gasteiger partial charge in [0.25, 0.3) is 0 Å². The van der Waals surface area contributed by atoms with Gasteiger partial charge in [0.05, 0.1) is 13.6 Å². The summed E-state index contributed by atoms with van der Waals surface area (Å²) in [6, 6.07) is 0. The summed E-state index contributed by atoms with van der Waals surface area (Å²) in [5.74, 6) is 0.0140. The first-order valence-corrected chi connectivity index (χ1v) is 9.88. The van der Waals surface area contributed by atoms with Gasteiger partial charge in [-0.25, -0.2) is 0 Å². The lowest BCUT2D eigenvalue weighted by atomic mass is 10.1. The fourth-order valence-electron chi connectivity index (χ4n) is 1.69. The Morgan fingerprint density at radius 2 is 1.75 bits per heavy atom. The van der Waals surface area contributed by atoms with Gasteiger partial charge >= 0.3 is 5.97 Å². The molecule has 0 bridgehead atoms. The van der Waals surface area contributed by atoms with Crippen LogP contribution in [-0.2, 0) is 9.53 Å². The Morgan fingerprint density at radius 3 is 2.06 bits per heavy atom. The molecule has 96 valence electrons. The van der Waals surface area contributed by atoms with E-state index in [1.54, 1.807) is 0 Å². The molecule has 0 aromatic carbocycles. The van der Waals surface area contributed by atoms with Crippen LogP contribution in [0.25, 0.3) is 0 Å². The van der Waals surface area contributed by atoms with Crippen LogP contribution < -0.4 is 0 Å². The first-order chi connectivity index (χ1) is 7.08. The maximum atomic E-state index is 12.1. The molecule has 0 aromatic heterocycles. The third-order valence-electron chi connectivity index (χ3n) is 2.58. The van der Waals surface area contributed by atoms with E-state index in [-0.39, 0.29) is 17.1 Å². The van der Waals surface area contributed by atoms with Crippen LogP contribution in [0, 0.1) is 0 Å². The summed E-state index contributed by atoms with van der Waals surface area (Å²) in [5, 5.41) is 0. The first-order valence-electron chi connectivity index (χ1n) is 6.31. The molecule has 0 radical (unpaired) electrons. The molecule has 0 fully saturated rings. The molecule has 0 rings (SSSR count). The van der Waals surface area contributed by atoms with Crippen molar-refractivity contribution >= 4 is 14.0 Å². The average Bonchev–Trinajstić information content (AvgIpc) is 1.98. The summed E-state index contributed by atoms with van der Waals surface area (Å²) in [6.07, 6.45) is 3.25. The largest absolute Gasteiger partial charge is 0.460 e. The molecular weight excluding hydrogens is 216 g/mol. The maximum Gasteiger partial charge on any atom is 0.306 e. The molecule has 0 aliphatic heterocycles. The van der Waals surface area contributed by atoms with Gasteiger partial charge in [-0.15, -0.1) is 0 Å². The van der Waals surface area contributed by atoms with Crippen molar-refractivity contribution < 1.29 is 9.53 Å². The number of hydrogen-bond donors (Lipinski definition) is 0. The van der Waals surface area contributed by atoms with Crippen molar-refractivity contribution in [1.29, 1.82) is 0 Å². The molecule has 0 aliphatic rings. The van der Waals surface area contributed by atoms with Crippen molar-refractivity contribution in [2.75, 3.05) is 0 Å². The lowest BCUT2D eigenvalue weighted by Gasteiger charge is -2.30. The van der Waals surface area contributed by atoms with Crippen molar-refractivity contribution in [3.05, 3.63) is 0 Å². The van der Waals surface area contributed by atoms with Crippen LogP contribution in [0.2, 0.25) is 25.2 Å². The monoisotopic (exact) mass is 244 g/mol. The minimum absolute atomic E-state index is 0.0140. The minimum Gasteiger partial charge on any atom is -0.460 e. The molecular formula is C13H28O2Si. The van der Waals surface area contributed by atoms with Gasteiger partial charge in [0, 0.05) is 0 Å². The van der Waals surface area contributed by atoms with Crippen molar-refractivity contribution in [2.24, 2.45) is 0 Å². The summed E-state index contributed by atoms with van der Waals surface area (Å²) in [7, 11) is -1.46. The highest BCUT2D eigenvalue weighted by atomic mass is 28.3. The topological polar surface area (TPSA) is 26.3 Å². The van der Waals surface area contributed by atoms with Crippen molar-refractivity contribution in [3.63, 3.8) is 0 Å². The molecule has 16 heavy (non-hydrogen) atoms. The summed E-state index contributed by atoms with van der Waals surface area (Å²) >= 11 is 0. The van der Waals surface area contributed by atoms with Crippen LogP contribution in [-0.4, -0.2) is 19.6 Å². The van der Waals surface area contributed by atoms with Gasteiger partial charge in [-0.3, -0.25) is 4.79 Å². The Kier molecular flexibility index (Phi) is 5.74. The number of rotatable bonds is 5. The number of hydrogen-bond acceptors (Lipinski definition) is 2. The zero-order valence-electron chi connectivity index (χ0n) is 12.0. The lowest BCUT2D eigenvalue weighted by molar-refractivity contribution is -0.155. The molecule has 0 aliphatic carbocycles. The van der Waals surface area contributed by atoms with E-state index in [2.05, 4.69) is 26.6 Å². The molecule has 2 nitrogen and oxygen atoms in total. The molecule has 0 amide bonds. The molecule has 1 atom stereocenters. The summed E-state index contributed by atoms with van der Waals surface area (Å²) < 4.78 is 5.52. The van der Waals surface area contributed by atoms with E-state index in [4.69, 9.17) is 4.74 Å². The summed E-state index contributed by atoms with van der Waals surface area (Å²) in [4.78, 5) is 12.1. The molecule has 0 N–H and O–H groups in total. The number of carbonyl (C=O) groups is 1. The molecule has 0 spiro atoms. The lowest BCUT2D eigenvalue weighted by Crippen LogP contribution is -2.38. The summed E-state index contributed by atoms with van der Waals surface area (Å²) in [5.41, 5.74) is -0.215. The van der Waals surface area contributed by atoms with E-state index >= 15 is 0 Å². The Bertz CT molecular complexity index is 223. The third-order valence-corrected chi connectivity index (χ3v) is 5.20. The molecule has 3 heteroatoms. The molecule has 0 aromatic rings. The van der Waals surface area contributed by atoms with Crippen LogP contribution in [0.5, 0.6) is 0 Å². The zero-order chi connectivity index (χ0) is 13.0. The predicted molar refractivity (Wildman–Crippen MR) is 72.5 cm³/mol. The van der Waals surface area contributed by atoms with Gasteiger partial charge < -0.3 is 4.74 Å². The molecule has 0 saturated heterocycles. The third kappa shape index (κ3) is 6.31. The average molecular weight is 244 g/mol. The van der Waals surface area contributed by atoms with Crippen LogP contribution in [0.1, 0.15) is 47.0 Å². The van der Waals surface area contributed by atoms with E-state index in [0.29, 0.717) is 0 Å². The predicted octanol–water partition coefficient (Wildman–Crippen LogP) is 4.23. The fraction of sp³-hybridized carbons (Fsp3) is 0.923. The standard InChI is InChI=1S/C13H28O2Si/c1-8-9-10-11(16(5,6)7)12(14)15-13(2,3)4/h11H,8-10H2,1-7H3. The number of esters is 1. The van der Waals surface area contributed by atoms with E-state index in [0.717, 1.165) is 19.3 Å². The smallest absolute Gasteiger partial charge is 0.306 e. The molecule has 0 heterocycles. The number of unbranched alkanes of at least 4 members (excludes halogenated alkanes) is 1. The van der Waals surface area contributed by atoms with Crippen molar-refractivity contribution in [1.82, 2.24) is 0 Å². The van der Waals surface area contributed by atoms with Crippen LogP contribution in [0.4, 0.5) is 0 Å². The highest BCUT2D eigenvalue weighted by Crippen LogP contribution is 2.30. The Morgan fingerprint density at radius 1 is 1.25 bits per heavy atom. The number of ether oxygens (including phenoxy) is 1. The minimum atomic E-state index is -1.46. The second kappa shape index (κ2) is 5.85. The van der Waals surface area contributed by atoms with E-state index < -0.39 is 8.07 Å².